The number of unbranched alkanes of at least 4 members (excludes halogenated alkanes) is 2. The van der Waals surface area contributed by atoms with E-state index >= 15 is 0 Å². The summed E-state index contributed by atoms with van der Waals surface area (Å²) in [6.07, 6.45) is 4.49. The Hall–Kier alpha value is -0.960. The Balaban J connectivity index is 2.10. The van der Waals surface area contributed by atoms with Gasteiger partial charge in [0, 0.05) is 12.4 Å². The molecule has 0 aliphatic heterocycles. The van der Waals surface area contributed by atoms with Crippen molar-refractivity contribution in [3.8, 4) is 0 Å². The topological polar surface area (TPSA) is 42.2 Å². The maximum Gasteiger partial charge on any atom is 0.286 e. The highest BCUT2D eigenvalue weighted by Gasteiger charge is 2.05. The summed E-state index contributed by atoms with van der Waals surface area (Å²) in [6.45, 7) is 0.677. The van der Waals surface area contributed by atoms with Crippen molar-refractivity contribution >= 4 is 17.5 Å². The highest BCUT2D eigenvalue weighted by Crippen LogP contribution is 2.00. The molecule has 0 aliphatic carbocycles. The number of hydrogen-bond donors (Lipinski definition) is 1. The molecule has 1 amide bonds. The van der Waals surface area contributed by atoms with Gasteiger partial charge in [-0.25, -0.2) is 0 Å². The summed E-state index contributed by atoms with van der Waals surface area (Å²) in [7, 11) is 0. The van der Waals surface area contributed by atoms with E-state index < -0.39 is 0 Å². The van der Waals surface area contributed by atoms with E-state index in [4.69, 9.17) is 16.0 Å². The van der Waals surface area contributed by atoms with Gasteiger partial charge in [-0.15, -0.1) is 11.6 Å². The normalized spacial score (nSPS) is 10.1. The van der Waals surface area contributed by atoms with Crippen LogP contribution >= 0.6 is 11.6 Å². The predicted molar refractivity (Wildman–Crippen MR) is 55.6 cm³/mol. The fourth-order valence-electron chi connectivity index (χ4n) is 1.09. The van der Waals surface area contributed by atoms with Crippen molar-refractivity contribution in [3.05, 3.63) is 24.2 Å². The number of halogens is 1. The largest absolute Gasteiger partial charge is 0.459 e. The minimum atomic E-state index is -0.152. The molecule has 78 valence electrons. The van der Waals surface area contributed by atoms with Gasteiger partial charge < -0.3 is 9.73 Å². The maximum absolute atomic E-state index is 11.3. The number of nitrogens with one attached hydrogen (secondary N) is 1. The lowest BCUT2D eigenvalue weighted by Gasteiger charge is -2.01. The van der Waals surface area contributed by atoms with Crippen molar-refractivity contribution < 1.29 is 9.21 Å². The molecule has 3 nitrogen and oxygen atoms in total. The summed E-state index contributed by atoms with van der Waals surface area (Å²) in [5.41, 5.74) is 0. The molecule has 1 rings (SSSR count). The molecule has 0 unspecified atom stereocenters. The molecule has 0 bridgehead atoms. The van der Waals surface area contributed by atoms with Gasteiger partial charge >= 0.3 is 0 Å². The Morgan fingerprint density at radius 1 is 1.43 bits per heavy atom. The van der Waals surface area contributed by atoms with Crippen LogP contribution in [0.3, 0.4) is 0 Å². The standard InChI is InChI=1S/C10H14ClNO2/c11-6-2-1-3-7-12-10(13)9-5-4-8-14-9/h4-5,8H,1-3,6-7H2,(H,12,13). The first-order valence-corrected chi connectivity index (χ1v) is 5.25. The van der Waals surface area contributed by atoms with Crippen molar-refractivity contribution in [1.29, 1.82) is 0 Å². The molecule has 1 N–H and O–H groups in total. The van der Waals surface area contributed by atoms with Crippen molar-refractivity contribution in [2.45, 2.75) is 19.3 Å². The van der Waals surface area contributed by atoms with Gasteiger partial charge in [-0.1, -0.05) is 6.42 Å². The monoisotopic (exact) mass is 215 g/mol. The van der Waals surface area contributed by atoms with E-state index in [2.05, 4.69) is 5.32 Å². The van der Waals surface area contributed by atoms with E-state index in [9.17, 15) is 4.79 Å². The third-order valence-corrected chi connectivity index (χ3v) is 2.11. The van der Waals surface area contributed by atoms with Gasteiger partial charge in [-0.05, 0) is 25.0 Å². The lowest BCUT2D eigenvalue weighted by Crippen LogP contribution is -2.23. The first-order valence-electron chi connectivity index (χ1n) is 4.72. The molecule has 0 radical (unpaired) electrons. The number of amides is 1. The minimum absolute atomic E-state index is 0.152. The summed E-state index contributed by atoms with van der Waals surface area (Å²) in [5.74, 6) is 0.898. The van der Waals surface area contributed by atoms with E-state index in [1.165, 1.54) is 6.26 Å². The Labute approximate surface area is 88.4 Å². The number of carbonyl (C=O) groups is 1. The van der Waals surface area contributed by atoms with Gasteiger partial charge in [-0.3, -0.25) is 4.79 Å². The van der Waals surface area contributed by atoms with E-state index in [0.29, 0.717) is 18.2 Å². The number of carbonyl (C=O) groups excluding carboxylic acids is 1. The molecule has 1 heterocycles. The van der Waals surface area contributed by atoms with Crippen LogP contribution in [0.2, 0.25) is 0 Å². The van der Waals surface area contributed by atoms with Crippen molar-refractivity contribution in [1.82, 2.24) is 5.32 Å². The highest BCUT2D eigenvalue weighted by molar-refractivity contribution is 6.17. The van der Waals surface area contributed by atoms with E-state index in [-0.39, 0.29) is 5.91 Å². The molecule has 0 saturated carbocycles. The van der Waals surface area contributed by atoms with Crippen LogP contribution in [0.5, 0.6) is 0 Å². The van der Waals surface area contributed by atoms with Crippen LogP contribution in [0.4, 0.5) is 0 Å². The maximum atomic E-state index is 11.3. The molecule has 0 atom stereocenters. The lowest BCUT2D eigenvalue weighted by molar-refractivity contribution is 0.0925. The predicted octanol–water partition coefficient (Wildman–Crippen LogP) is 2.42. The second-order valence-corrected chi connectivity index (χ2v) is 3.36. The zero-order valence-electron chi connectivity index (χ0n) is 7.96. The van der Waals surface area contributed by atoms with Gasteiger partial charge in [0.25, 0.3) is 5.91 Å². The summed E-state index contributed by atoms with van der Waals surface area (Å²) in [5, 5.41) is 2.77. The smallest absolute Gasteiger partial charge is 0.286 e. The molecule has 0 aliphatic rings. The quantitative estimate of drug-likeness (QED) is 0.585. The second kappa shape index (κ2) is 6.49. The average molecular weight is 216 g/mol. The zero-order valence-corrected chi connectivity index (χ0v) is 8.72. The van der Waals surface area contributed by atoms with Crippen LogP contribution < -0.4 is 5.32 Å². The highest BCUT2D eigenvalue weighted by atomic mass is 35.5. The van der Waals surface area contributed by atoms with Crippen LogP contribution in [0, 0.1) is 0 Å². The summed E-state index contributed by atoms with van der Waals surface area (Å²) < 4.78 is 4.94. The number of alkyl halides is 1. The molecule has 4 heteroatoms. The number of rotatable bonds is 6. The Bertz CT molecular complexity index is 259. The molecule has 14 heavy (non-hydrogen) atoms. The molecule has 0 aromatic carbocycles. The van der Waals surface area contributed by atoms with Crippen molar-refractivity contribution in [2.24, 2.45) is 0 Å². The van der Waals surface area contributed by atoms with Crippen LogP contribution in [0.1, 0.15) is 29.8 Å². The van der Waals surface area contributed by atoms with Crippen LogP contribution in [-0.2, 0) is 0 Å². The molecular formula is C10H14ClNO2. The Kier molecular flexibility index (Phi) is 5.15. The van der Waals surface area contributed by atoms with Gasteiger partial charge in [0.15, 0.2) is 5.76 Å². The fraction of sp³-hybridized carbons (Fsp3) is 0.500. The van der Waals surface area contributed by atoms with Crippen molar-refractivity contribution in [2.75, 3.05) is 12.4 Å². The summed E-state index contributed by atoms with van der Waals surface area (Å²) in [6, 6.07) is 3.34. The van der Waals surface area contributed by atoms with Crippen LogP contribution in [0.15, 0.2) is 22.8 Å². The third-order valence-electron chi connectivity index (χ3n) is 1.84. The summed E-state index contributed by atoms with van der Waals surface area (Å²) in [4.78, 5) is 11.3. The SMILES string of the molecule is O=C(NCCCCCCl)c1ccco1. The number of furan rings is 1. The van der Waals surface area contributed by atoms with Crippen LogP contribution in [-0.4, -0.2) is 18.3 Å². The first-order chi connectivity index (χ1) is 6.84. The lowest BCUT2D eigenvalue weighted by atomic mass is 10.2. The molecule has 1 aromatic heterocycles. The second-order valence-electron chi connectivity index (χ2n) is 2.98. The van der Waals surface area contributed by atoms with E-state index in [1.54, 1.807) is 12.1 Å². The third kappa shape index (κ3) is 3.83. The van der Waals surface area contributed by atoms with E-state index in [0.717, 1.165) is 19.3 Å². The van der Waals surface area contributed by atoms with Crippen LogP contribution in [0.25, 0.3) is 0 Å². The van der Waals surface area contributed by atoms with Gasteiger partial charge in [0.1, 0.15) is 0 Å². The minimum Gasteiger partial charge on any atom is -0.459 e. The van der Waals surface area contributed by atoms with E-state index in [1.807, 2.05) is 0 Å². The first kappa shape index (κ1) is 11.1. The number of hydrogen-bond acceptors (Lipinski definition) is 2. The van der Waals surface area contributed by atoms with Gasteiger partial charge in [0.2, 0.25) is 0 Å². The zero-order chi connectivity index (χ0) is 10.2. The van der Waals surface area contributed by atoms with Gasteiger partial charge in [0.05, 0.1) is 6.26 Å². The molecule has 1 aromatic rings. The van der Waals surface area contributed by atoms with Crippen molar-refractivity contribution in [3.63, 3.8) is 0 Å². The molecule has 0 spiro atoms. The Morgan fingerprint density at radius 2 is 2.29 bits per heavy atom. The molecule has 0 fully saturated rings. The van der Waals surface area contributed by atoms with Gasteiger partial charge in [-0.2, -0.15) is 0 Å². The Morgan fingerprint density at radius 3 is 2.93 bits per heavy atom. The molecule has 0 saturated heterocycles. The average Bonchev–Trinajstić information content (AvgIpc) is 2.70. The molecular weight excluding hydrogens is 202 g/mol. The summed E-state index contributed by atoms with van der Waals surface area (Å²) >= 11 is 5.52. The fourth-order valence-corrected chi connectivity index (χ4v) is 1.28.